The van der Waals surface area contributed by atoms with Crippen LogP contribution in [0.1, 0.15) is 23.2 Å². The molecule has 1 saturated heterocycles. The number of methoxy groups -OCH3 is 1. The van der Waals surface area contributed by atoms with E-state index in [9.17, 15) is 14.4 Å². The van der Waals surface area contributed by atoms with E-state index < -0.39 is 0 Å². The number of hydrogen-bond donors (Lipinski definition) is 1. The van der Waals surface area contributed by atoms with Gasteiger partial charge in [0.1, 0.15) is 5.56 Å². The van der Waals surface area contributed by atoms with Gasteiger partial charge in [-0.05, 0) is 12.8 Å². The molecule has 9 heteroatoms. The number of likely N-dealkylation sites (N-methyl/N-ethyl adjacent to an activating group) is 1. The van der Waals surface area contributed by atoms with Crippen LogP contribution in [-0.4, -0.2) is 71.1 Å². The van der Waals surface area contributed by atoms with Crippen LogP contribution < -0.4 is 10.5 Å². The van der Waals surface area contributed by atoms with Crippen LogP contribution in [0.25, 0.3) is 0 Å². The largest absolute Gasteiger partial charge is 0.479 e. The fourth-order valence-electron chi connectivity index (χ4n) is 2.76. The number of aromatic nitrogens is 2. The number of rotatable bonds is 5. The third-order valence-electron chi connectivity index (χ3n) is 4.19. The SMILES string of the molecule is COc1nn(C)cc1C(=O)N(C)CC(=O)N1CCC(C(N)=O)CC1. The fraction of sp³-hybridized carbons (Fsp3) is 0.600. The van der Waals surface area contributed by atoms with E-state index in [1.165, 1.54) is 16.7 Å². The number of carbonyl (C=O) groups excluding carboxylic acids is 3. The Kier molecular flexibility index (Phi) is 5.42. The second-order valence-corrected chi connectivity index (χ2v) is 5.94. The standard InChI is InChI=1S/C15H23N5O4/c1-18(15(23)11-8-19(2)17-14(11)24-3)9-12(21)20-6-4-10(5-7-20)13(16)22/h8,10H,4-7,9H2,1-3H3,(H2,16,22). The van der Waals surface area contributed by atoms with Gasteiger partial charge in [0.15, 0.2) is 0 Å². The molecule has 0 unspecified atom stereocenters. The van der Waals surface area contributed by atoms with E-state index in [1.807, 2.05) is 0 Å². The molecule has 1 aliphatic heterocycles. The van der Waals surface area contributed by atoms with Crippen LogP contribution in [0.15, 0.2) is 6.20 Å². The van der Waals surface area contributed by atoms with Gasteiger partial charge < -0.3 is 20.3 Å². The summed E-state index contributed by atoms with van der Waals surface area (Å²) < 4.78 is 6.56. The van der Waals surface area contributed by atoms with Gasteiger partial charge in [-0.3, -0.25) is 19.1 Å². The van der Waals surface area contributed by atoms with Gasteiger partial charge in [-0.1, -0.05) is 0 Å². The Morgan fingerprint density at radius 1 is 1.38 bits per heavy atom. The Morgan fingerprint density at radius 2 is 2.00 bits per heavy atom. The quantitative estimate of drug-likeness (QED) is 0.758. The lowest BCUT2D eigenvalue weighted by atomic mass is 9.96. The number of nitrogens with zero attached hydrogens (tertiary/aromatic N) is 4. The number of hydrogen-bond acceptors (Lipinski definition) is 5. The minimum absolute atomic E-state index is 0.0435. The molecule has 0 aromatic carbocycles. The van der Waals surface area contributed by atoms with E-state index in [-0.39, 0.29) is 36.1 Å². The van der Waals surface area contributed by atoms with E-state index in [2.05, 4.69) is 5.10 Å². The lowest BCUT2D eigenvalue weighted by molar-refractivity contribution is -0.135. The molecular formula is C15H23N5O4. The van der Waals surface area contributed by atoms with E-state index in [4.69, 9.17) is 10.5 Å². The molecule has 0 aliphatic carbocycles. The van der Waals surface area contributed by atoms with E-state index in [1.54, 1.807) is 25.2 Å². The summed E-state index contributed by atoms with van der Waals surface area (Å²) in [7, 11) is 4.68. The molecule has 1 aromatic heterocycles. The molecule has 1 aliphatic rings. The first-order chi connectivity index (χ1) is 11.3. The van der Waals surface area contributed by atoms with Gasteiger partial charge in [-0.15, -0.1) is 5.10 Å². The highest BCUT2D eigenvalue weighted by Crippen LogP contribution is 2.18. The van der Waals surface area contributed by atoms with Gasteiger partial charge in [0, 0.05) is 39.3 Å². The maximum Gasteiger partial charge on any atom is 0.261 e. The summed E-state index contributed by atoms with van der Waals surface area (Å²) in [6.07, 6.45) is 2.69. The highest BCUT2D eigenvalue weighted by molar-refractivity contribution is 5.98. The van der Waals surface area contributed by atoms with Crippen molar-refractivity contribution >= 4 is 17.7 Å². The summed E-state index contributed by atoms with van der Waals surface area (Å²) in [6, 6.07) is 0. The van der Waals surface area contributed by atoms with Crippen molar-refractivity contribution in [1.82, 2.24) is 19.6 Å². The molecule has 1 fully saturated rings. The molecular weight excluding hydrogens is 314 g/mol. The van der Waals surface area contributed by atoms with Gasteiger partial charge in [-0.2, -0.15) is 0 Å². The predicted molar refractivity (Wildman–Crippen MR) is 85.2 cm³/mol. The van der Waals surface area contributed by atoms with Crippen molar-refractivity contribution in [2.45, 2.75) is 12.8 Å². The normalized spacial score (nSPS) is 15.2. The fourth-order valence-corrected chi connectivity index (χ4v) is 2.76. The van der Waals surface area contributed by atoms with Crippen LogP contribution in [0.2, 0.25) is 0 Å². The third-order valence-corrected chi connectivity index (χ3v) is 4.19. The molecule has 132 valence electrons. The van der Waals surface area contributed by atoms with Crippen LogP contribution >= 0.6 is 0 Å². The zero-order valence-electron chi connectivity index (χ0n) is 14.2. The topological polar surface area (TPSA) is 111 Å². The lowest BCUT2D eigenvalue weighted by Gasteiger charge is -2.31. The smallest absolute Gasteiger partial charge is 0.261 e. The summed E-state index contributed by atoms with van der Waals surface area (Å²) in [6.45, 7) is 0.910. The molecule has 24 heavy (non-hydrogen) atoms. The van der Waals surface area contributed by atoms with Crippen molar-refractivity contribution in [3.05, 3.63) is 11.8 Å². The highest BCUT2D eigenvalue weighted by Gasteiger charge is 2.28. The number of likely N-dealkylation sites (tertiary alicyclic amines) is 1. The van der Waals surface area contributed by atoms with Crippen LogP contribution in [0.3, 0.4) is 0 Å². The van der Waals surface area contributed by atoms with E-state index in [0.29, 0.717) is 31.5 Å². The number of primary amides is 1. The molecule has 2 rings (SSSR count). The Bertz CT molecular complexity index is 634. The van der Waals surface area contributed by atoms with Gasteiger partial charge in [0.25, 0.3) is 5.91 Å². The molecule has 0 radical (unpaired) electrons. The minimum Gasteiger partial charge on any atom is -0.479 e. The number of aryl methyl sites for hydroxylation is 1. The number of piperidine rings is 1. The van der Waals surface area contributed by atoms with Crippen molar-refractivity contribution in [2.75, 3.05) is 33.8 Å². The number of ether oxygens (including phenoxy) is 1. The van der Waals surface area contributed by atoms with E-state index >= 15 is 0 Å². The average Bonchev–Trinajstić information content (AvgIpc) is 2.94. The molecule has 0 atom stereocenters. The van der Waals surface area contributed by atoms with Gasteiger partial charge in [0.05, 0.1) is 13.7 Å². The van der Waals surface area contributed by atoms with Crippen molar-refractivity contribution in [2.24, 2.45) is 18.7 Å². The monoisotopic (exact) mass is 337 g/mol. The molecule has 1 aromatic rings. The highest BCUT2D eigenvalue weighted by atomic mass is 16.5. The number of nitrogens with two attached hydrogens (primary N) is 1. The zero-order valence-corrected chi connectivity index (χ0v) is 14.2. The van der Waals surface area contributed by atoms with Crippen molar-refractivity contribution in [3.63, 3.8) is 0 Å². The van der Waals surface area contributed by atoms with Crippen LogP contribution in [0.4, 0.5) is 0 Å². The maximum atomic E-state index is 12.5. The molecule has 0 bridgehead atoms. The summed E-state index contributed by atoms with van der Waals surface area (Å²) in [4.78, 5) is 39.0. The minimum atomic E-state index is -0.333. The van der Waals surface area contributed by atoms with Gasteiger partial charge >= 0.3 is 0 Å². The summed E-state index contributed by atoms with van der Waals surface area (Å²) >= 11 is 0. The van der Waals surface area contributed by atoms with Gasteiger partial charge in [-0.25, -0.2) is 0 Å². The molecule has 0 saturated carbocycles. The maximum absolute atomic E-state index is 12.5. The van der Waals surface area contributed by atoms with E-state index in [0.717, 1.165) is 0 Å². The van der Waals surface area contributed by atoms with Crippen LogP contribution in [-0.2, 0) is 16.6 Å². The molecule has 9 nitrogen and oxygen atoms in total. The Hall–Kier alpha value is -2.58. The number of carbonyl (C=O) groups is 3. The van der Waals surface area contributed by atoms with Crippen LogP contribution in [0, 0.1) is 5.92 Å². The predicted octanol–water partition coefficient (Wildman–Crippen LogP) is -0.775. The van der Waals surface area contributed by atoms with Crippen molar-refractivity contribution < 1.29 is 19.1 Å². The molecule has 3 amide bonds. The first-order valence-electron chi connectivity index (χ1n) is 7.73. The number of amides is 3. The van der Waals surface area contributed by atoms with Crippen molar-refractivity contribution in [3.8, 4) is 5.88 Å². The average molecular weight is 337 g/mol. The lowest BCUT2D eigenvalue weighted by Crippen LogP contribution is -2.46. The molecule has 2 heterocycles. The third kappa shape index (κ3) is 3.84. The Morgan fingerprint density at radius 3 is 2.54 bits per heavy atom. The first kappa shape index (κ1) is 17.8. The second kappa shape index (κ2) is 7.33. The first-order valence-corrected chi connectivity index (χ1v) is 7.73. The summed E-state index contributed by atoms with van der Waals surface area (Å²) in [5.41, 5.74) is 5.60. The van der Waals surface area contributed by atoms with Crippen LogP contribution in [0.5, 0.6) is 5.88 Å². The molecule has 0 spiro atoms. The zero-order chi connectivity index (χ0) is 17.9. The van der Waals surface area contributed by atoms with Gasteiger partial charge in [0.2, 0.25) is 17.7 Å². The molecule has 2 N–H and O–H groups in total. The Balaban J connectivity index is 1.94. The summed E-state index contributed by atoms with van der Waals surface area (Å²) in [5.74, 6) is -0.757. The second-order valence-electron chi connectivity index (χ2n) is 5.94. The summed E-state index contributed by atoms with van der Waals surface area (Å²) in [5, 5.41) is 4.03. The van der Waals surface area contributed by atoms with Crippen molar-refractivity contribution in [1.29, 1.82) is 0 Å². The Labute approximate surface area is 140 Å².